The molecule has 118 valence electrons. The van der Waals surface area contributed by atoms with Crippen LogP contribution in [-0.4, -0.2) is 23.7 Å². The average molecular weight is 305 g/mol. The third-order valence-electron chi connectivity index (χ3n) is 2.89. The van der Waals surface area contributed by atoms with Crippen LogP contribution in [0.15, 0.2) is 30.3 Å². The quantitative estimate of drug-likeness (QED) is 0.812. The minimum Gasteiger partial charge on any atom is -0.478 e. The van der Waals surface area contributed by atoms with E-state index in [2.05, 4.69) is 15.3 Å². The van der Waals surface area contributed by atoms with E-state index in [1.165, 1.54) is 6.07 Å². The number of aromatic nitrogens is 2. The molecule has 5 nitrogen and oxygen atoms in total. The van der Waals surface area contributed by atoms with Crippen LogP contribution in [0.1, 0.15) is 24.7 Å². The van der Waals surface area contributed by atoms with E-state index in [0.29, 0.717) is 36.2 Å². The molecule has 0 saturated carbocycles. The summed E-state index contributed by atoms with van der Waals surface area (Å²) in [5.74, 6) is 1.34. The maximum atomic E-state index is 13.6. The van der Waals surface area contributed by atoms with Crippen LogP contribution >= 0.6 is 0 Å². The lowest BCUT2D eigenvalue weighted by Gasteiger charge is -2.11. The maximum Gasteiger partial charge on any atom is 0.218 e. The zero-order valence-electron chi connectivity index (χ0n) is 12.8. The predicted molar refractivity (Wildman–Crippen MR) is 82.3 cm³/mol. The van der Waals surface area contributed by atoms with Gasteiger partial charge in [0.05, 0.1) is 6.61 Å². The summed E-state index contributed by atoms with van der Waals surface area (Å²) in [5.41, 5.74) is 0.574. The average Bonchev–Trinajstić information content (AvgIpc) is 2.52. The van der Waals surface area contributed by atoms with Gasteiger partial charge in [-0.3, -0.25) is 0 Å². The van der Waals surface area contributed by atoms with E-state index in [9.17, 15) is 4.39 Å². The molecule has 0 aliphatic carbocycles. The van der Waals surface area contributed by atoms with Crippen molar-refractivity contribution >= 4 is 5.82 Å². The molecular weight excluding hydrogens is 285 g/mol. The first kappa shape index (κ1) is 16.2. The van der Waals surface area contributed by atoms with E-state index in [4.69, 9.17) is 9.47 Å². The molecule has 2 aromatic rings. The van der Waals surface area contributed by atoms with Crippen molar-refractivity contribution in [3.05, 3.63) is 47.5 Å². The summed E-state index contributed by atoms with van der Waals surface area (Å²) < 4.78 is 24.2. The van der Waals surface area contributed by atoms with E-state index < -0.39 is 0 Å². The number of benzene rings is 1. The molecule has 0 atom stereocenters. The van der Waals surface area contributed by atoms with E-state index in [1.54, 1.807) is 31.4 Å². The molecule has 0 aliphatic rings. The standard InChI is InChI=1S/C16H20FN3O2/c1-3-8-22-16-9-14(19-15(20-16)11-21-2)18-10-12-6-4-5-7-13(12)17/h4-7,9H,3,8,10-11H2,1-2H3,(H,18,19,20). The Labute approximate surface area is 129 Å². The van der Waals surface area contributed by atoms with Crippen molar-refractivity contribution in [2.45, 2.75) is 26.5 Å². The zero-order valence-corrected chi connectivity index (χ0v) is 12.8. The Bertz CT molecular complexity index is 608. The minimum atomic E-state index is -0.247. The fourth-order valence-corrected chi connectivity index (χ4v) is 1.87. The van der Waals surface area contributed by atoms with Crippen molar-refractivity contribution in [1.82, 2.24) is 9.97 Å². The number of halogens is 1. The van der Waals surface area contributed by atoms with Gasteiger partial charge in [0, 0.05) is 25.3 Å². The minimum absolute atomic E-state index is 0.247. The summed E-state index contributed by atoms with van der Waals surface area (Å²) in [5, 5.41) is 3.09. The first-order valence-electron chi connectivity index (χ1n) is 7.20. The Morgan fingerprint density at radius 3 is 2.77 bits per heavy atom. The molecule has 1 N–H and O–H groups in total. The number of rotatable bonds is 8. The van der Waals surface area contributed by atoms with Crippen molar-refractivity contribution < 1.29 is 13.9 Å². The molecule has 0 amide bonds. The van der Waals surface area contributed by atoms with Crippen LogP contribution in [0, 0.1) is 5.82 Å². The van der Waals surface area contributed by atoms with Crippen LogP contribution < -0.4 is 10.1 Å². The van der Waals surface area contributed by atoms with Gasteiger partial charge in [-0.05, 0) is 12.5 Å². The van der Waals surface area contributed by atoms with Crippen LogP contribution in [0.25, 0.3) is 0 Å². The second kappa shape index (κ2) is 8.29. The SMILES string of the molecule is CCCOc1cc(NCc2ccccc2F)nc(COC)n1. The van der Waals surface area contributed by atoms with Crippen molar-refractivity contribution in [2.75, 3.05) is 19.0 Å². The van der Waals surface area contributed by atoms with Gasteiger partial charge >= 0.3 is 0 Å². The number of nitrogens with one attached hydrogen (secondary N) is 1. The summed E-state index contributed by atoms with van der Waals surface area (Å²) in [4.78, 5) is 8.59. The van der Waals surface area contributed by atoms with Gasteiger partial charge in [-0.15, -0.1) is 0 Å². The van der Waals surface area contributed by atoms with Gasteiger partial charge in [0.2, 0.25) is 5.88 Å². The molecule has 1 heterocycles. The number of ether oxygens (including phenoxy) is 2. The van der Waals surface area contributed by atoms with Crippen molar-refractivity contribution in [2.24, 2.45) is 0 Å². The Balaban J connectivity index is 2.11. The molecule has 6 heteroatoms. The molecule has 0 spiro atoms. The van der Waals surface area contributed by atoms with Gasteiger partial charge in [-0.2, -0.15) is 4.98 Å². The second-order valence-corrected chi connectivity index (χ2v) is 4.73. The monoisotopic (exact) mass is 305 g/mol. The molecule has 0 fully saturated rings. The van der Waals surface area contributed by atoms with Crippen molar-refractivity contribution in [3.63, 3.8) is 0 Å². The molecule has 0 saturated heterocycles. The van der Waals surface area contributed by atoms with Gasteiger partial charge in [0.1, 0.15) is 18.2 Å². The van der Waals surface area contributed by atoms with Crippen LogP contribution in [0.3, 0.4) is 0 Å². The Kier molecular flexibility index (Phi) is 6.09. The number of anilines is 1. The fourth-order valence-electron chi connectivity index (χ4n) is 1.87. The van der Waals surface area contributed by atoms with Crippen LogP contribution in [-0.2, 0) is 17.9 Å². The number of hydrogen-bond acceptors (Lipinski definition) is 5. The number of methoxy groups -OCH3 is 1. The fraction of sp³-hybridized carbons (Fsp3) is 0.375. The van der Waals surface area contributed by atoms with Gasteiger partial charge in [0.15, 0.2) is 5.82 Å². The van der Waals surface area contributed by atoms with Crippen LogP contribution in [0.4, 0.5) is 10.2 Å². The van der Waals surface area contributed by atoms with Gasteiger partial charge in [0.25, 0.3) is 0 Å². The van der Waals surface area contributed by atoms with E-state index in [-0.39, 0.29) is 12.4 Å². The summed E-state index contributed by atoms with van der Waals surface area (Å²) in [7, 11) is 1.58. The predicted octanol–water partition coefficient (Wildman–Crippen LogP) is 3.16. The Morgan fingerprint density at radius 2 is 2.05 bits per heavy atom. The van der Waals surface area contributed by atoms with Crippen LogP contribution in [0.2, 0.25) is 0 Å². The maximum absolute atomic E-state index is 13.6. The molecule has 0 unspecified atom stereocenters. The lowest BCUT2D eigenvalue weighted by Crippen LogP contribution is -2.08. The molecule has 0 radical (unpaired) electrons. The number of hydrogen-bond donors (Lipinski definition) is 1. The Hall–Kier alpha value is -2.21. The van der Waals surface area contributed by atoms with E-state index >= 15 is 0 Å². The first-order chi connectivity index (χ1) is 10.7. The molecular formula is C16H20FN3O2. The summed E-state index contributed by atoms with van der Waals surface area (Å²) >= 11 is 0. The molecule has 1 aromatic heterocycles. The summed E-state index contributed by atoms with van der Waals surface area (Å²) in [6, 6.07) is 8.33. The zero-order chi connectivity index (χ0) is 15.8. The summed E-state index contributed by atoms with van der Waals surface area (Å²) in [6.07, 6.45) is 0.890. The smallest absolute Gasteiger partial charge is 0.218 e. The lowest BCUT2D eigenvalue weighted by molar-refractivity contribution is 0.176. The third-order valence-corrected chi connectivity index (χ3v) is 2.89. The number of nitrogens with zero attached hydrogens (tertiary/aromatic N) is 2. The highest BCUT2D eigenvalue weighted by molar-refractivity contribution is 5.39. The van der Waals surface area contributed by atoms with Gasteiger partial charge in [-0.1, -0.05) is 25.1 Å². The highest BCUT2D eigenvalue weighted by Crippen LogP contribution is 2.16. The third kappa shape index (κ3) is 4.66. The van der Waals surface area contributed by atoms with Gasteiger partial charge < -0.3 is 14.8 Å². The highest BCUT2D eigenvalue weighted by atomic mass is 19.1. The first-order valence-corrected chi connectivity index (χ1v) is 7.20. The van der Waals surface area contributed by atoms with E-state index in [0.717, 1.165) is 6.42 Å². The lowest BCUT2D eigenvalue weighted by atomic mass is 10.2. The van der Waals surface area contributed by atoms with Crippen LogP contribution in [0.5, 0.6) is 5.88 Å². The van der Waals surface area contributed by atoms with Crippen molar-refractivity contribution in [1.29, 1.82) is 0 Å². The molecule has 1 aromatic carbocycles. The second-order valence-electron chi connectivity index (χ2n) is 4.73. The molecule has 22 heavy (non-hydrogen) atoms. The van der Waals surface area contributed by atoms with E-state index in [1.807, 2.05) is 6.92 Å². The topological polar surface area (TPSA) is 56.3 Å². The normalized spacial score (nSPS) is 10.5. The van der Waals surface area contributed by atoms with Gasteiger partial charge in [-0.25, -0.2) is 9.37 Å². The van der Waals surface area contributed by atoms with Crippen molar-refractivity contribution in [3.8, 4) is 5.88 Å². The molecule has 0 bridgehead atoms. The molecule has 2 rings (SSSR count). The largest absolute Gasteiger partial charge is 0.478 e. The summed E-state index contributed by atoms with van der Waals surface area (Å²) in [6.45, 7) is 3.23. The molecule has 0 aliphatic heterocycles. The Morgan fingerprint density at radius 1 is 1.23 bits per heavy atom. The highest BCUT2D eigenvalue weighted by Gasteiger charge is 2.07.